The molecule has 0 bridgehead atoms. The van der Waals surface area contributed by atoms with E-state index in [-0.39, 0.29) is 28.4 Å². The summed E-state index contributed by atoms with van der Waals surface area (Å²) in [5.41, 5.74) is 2.41. The molecule has 37 heavy (non-hydrogen) atoms. The molecule has 3 heterocycles. The molecule has 2 amide bonds. The molecule has 1 atom stereocenters. The highest BCUT2D eigenvalue weighted by Gasteiger charge is 2.32. The van der Waals surface area contributed by atoms with Crippen molar-refractivity contribution in [2.75, 3.05) is 29.3 Å². The predicted octanol–water partition coefficient (Wildman–Crippen LogP) is 4.30. The maximum Gasteiger partial charge on any atom is 0.263 e. The Balaban J connectivity index is 1.27. The van der Waals surface area contributed by atoms with Crippen LogP contribution in [0.4, 0.5) is 10.8 Å². The van der Waals surface area contributed by atoms with Crippen molar-refractivity contribution in [2.24, 2.45) is 0 Å². The van der Waals surface area contributed by atoms with Crippen LogP contribution >= 0.6 is 22.9 Å². The molecule has 1 saturated heterocycles. The molecule has 0 aliphatic carbocycles. The van der Waals surface area contributed by atoms with Crippen LogP contribution in [0.2, 0.25) is 5.02 Å². The number of nitrogens with zero attached hydrogens (tertiary/aromatic N) is 4. The molecule has 0 radical (unpaired) electrons. The zero-order valence-corrected chi connectivity index (χ0v) is 22.5. The first-order valence-corrected chi connectivity index (χ1v) is 14.3. The third kappa shape index (κ3) is 4.94. The van der Waals surface area contributed by atoms with Crippen molar-refractivity contribution in [2.45, 2.75) is 24.8 Å². The zero-order valence-electron chi connectivity index (χ0n) is 20.1. The fraction of sp³-hybridized carbons (Fsp3) is 0.240. The third-order valence-electron chi connectivity index (χ3n) is 6.38. The van der Waals surface area contributed by atoms with Gasteiger partial charge in [-0.25, -0.2) is 13.4 Å². The van der Waals surface area contributed by atoms with Gasteiger partial charge in [-0.3, -0.25) is 14.3 Å². The van der Waals surface area contributed by atoms with Gasteiger partial charge in [0.1, 0.15) is 12.6 Å². The van der Waals surface area contributed by atoms with Crippen molar-refractivity contribution in [1.29, 1.82) is 0 Å². The summed E-state index contributed by atoms with van der Waals surface area (Å²) in [6.45, 7) is 4.39. The minimum absolute atomic E-state index is 0.0566. The molecule has 192 valence electrons. The number of fused-ring (bicyclic) bond motifs is 1. The van der Waals surface area contributed by atoms with Crippen molar-refractivity contribution in [3.05, 3.63) is 70.8 Å². The van der Waals surface area contributed by atoms with E-state index in [1.807, 2.05) is 36.6 Å². The normalized spacial score (nSPS) is 15.3. The number of rotatable bonds is 6. The molecule has 1 unspecified atom stereocenters. The van der Waals surface area contributed by atoms with E-state index in [9.17, 15) is 18.0 Å². The number of aryl methyl sites for hydroxylation is 1. The van der Waals surface area contributed by atoms with Crippen LogP contribution in [0.5, 0.6) is 0 Å². The number of hydrogen-bond donors (Lipinski definition) is 1. The van der Waals surface area contributed by atoms with Gasteiger partial charge in [-0.2, -0.15) is 0 Å². The van der Waals surface area contributed by atoms with E-state index in [4.69, 9.17) is 11.6 Å². The quantitative estimate of drug-likeness (QED) is 0.381. The zero-order chi connectivity index (χ0) is 26.3. The summed E-state index contributed by atoms with van der Waals surface area (Å²) >= 11 is 7.30. The van der Waals surface area contributed by atoms with Crippen molar-refractivity contribution in [3.8, 4) is 0 Å². The predicted molar refractivity (Wildman–Crippen MR) is 145 cm³/mol. The summed E-state index contributed by atoms with van der Waals surface area (Å²) < 4.78 is 29.5. The van der Waals surface area contributed by atoms with Crippen LogP contribution < -0.4 is 9.62 Å². The standard InChI is InChI=1S/C25H24ClN5O4S2/c1-16-13-18-14-19(26)3-8-22(18)31(16)17(2)24(33)29-10-11-30(23(32)15-29)20-4-6-21(7-5-20)37(34,35)28-25-27-9-12-36-25/h3-9,12-14,17H,10-11,15H2,1-2H3,(H,27,28). The van der Waals surface area contributed by atoms with Crippen LogP contribution in [-0.2, 0) is 19.6 Å². The highest BCUT2D eigenvalue weighted by molar-refractivity contribution is 7.93. The molecule has 1 aliphatic rings. The van der Waals surface area contributed by atoms with Crippen LogP contribution in [-0.4, -0.2) is 54.3 Å². The molecule has 1 fully saturated rings. The third-order valence-corrected chi connectivity index (χ3v) is 8.79. The maximum absolute atomic E-state index is 13.4. The molecule has 5 rings (SSSR count). The first-order valence-electron chi connectivity index (χ1n) is 11.5. The van der Waals surface area contributed by atoms with Gasteiger partial charge in [0.05, 0.1) is 4.90 Å². The van der Waals surface area contributed by atoms with E-state index in [1.165, 1.54) is 29.7 Å². The second kappa shape index (κ2) is 9.81. The lowest BCUT2D eigenvalue weighted by molar-refractivity contribution is -0.139. The van der Waals surface area contributed by atoms with Gasteiger partial charge in [0.25, 0.3) is 10.0 Å². The summed E-state index contributed by atoms with van der Waals surface area (Å²) in [5.74, 6) is -0.373. The number of aromatic nitrogens is 2. The molecule has 1 aliphatic heterocycles. The van der Waals surface area contributed by atoms with E-state index in [1.54, 1.807) is 33.4 Å². The maximum atomic E-state index is 13.4. The van der Waals surface area contributed by atoms with Crippen LogP contribution in [0, 0.1) is 6.92 Å². The highest BCUT2D eigenvalue weighted by Crippen LogP contribution is 2.28. The van der Waals surface area contributed by atoms with E-state index >= 15 is 0 Å². The van der Waals surface area contributed by atoms with Crippen LogP contribution in [0.25, 0.3) is 10.9 Å². The number of sulfonamides is 1. The van der Waals surface area contributed by atoms with Gasteiger partial charge in [0.15, 0.2) is 5.13 Å². The Hall–Kier alpha value is -3.41. The number of nitrogens with one attached hydrogen (secondary N) is 1. The topological polar surface area (TPSA) is 105 Å². The summed E-state index contributed by atoms with van der Waals surface area (Å²) in [6, 6.07) is 13.1. The lowest BCUT2D eigenvalue weighted by Crippen LogP contribution is -2.53. The smallest absolute Gasteiger partial charge is 0.263 e. The van der Waals surface area contributed by atoms with Gasteiger partial charge in [0, 0.05) is 52.0 Å². The molecular formula is C25H24ClN5O4S2. The number of amides is 2. The number of carbonyl (C=O) groups excluding carboxylic acids is 2. The number of piperazine rings is 1. The van der Waals surface area contributed by atoms with Crippen LogP contribution in [0.15, 0.2) is 65.0 Å². The van der Waals surface area contributed by atoms with Crippen molar-refractivity contribution in [3.63, 3.8) is 0 Å². The first kappa shape index (κ1) is 25.2. The van der Waals surface area contributed by atoms with Crippen LogP contribution in [0.3, 0.4) is 0 Å². The molecular weight excluding hydrogens is 534 g/mol. The first-order chi connectivity index (χ1) is 17.6. The Morgan fingerprint density at radius 3 is 2.57 bits per heavy atom. The molecule has 12 heteroatoms. The molecule has 0 spiro atoms. The van der Waals surface area contributed by atoms with Crippen LogP contribution in [0.1, 0.15) is 18.7 Å². The van der Waals surface area contributed by atoms with Gasteiger partial charge in [-0.1, -0.05) is 11.6 Å². The summed E-state index contributed by atoms with van der Waals surface area (Å²) in [4.78, 5) is 33.5. The second-order valence-corrected chi connectivity index (χ2v) is 11.8. The number of thiazole rings is 1. The summed E-state index contributed by atoms with van der Waals surface area (Å²) in [6.07, 6.45) is 1.51. The minimum Gasteiger partial charge on any atom is -0.333 e. The Kier molecular flexibility index (Phi) is 6.69. The lowest BCUT2D eigenvalue weighted by Gasteiger charge is -2.36. The number of carbonyl (C=O) groups is 2. The fourth-order valence-corrected chi connectivity index (χ4v) is 6.59. The minimum atomic E-state index is -3.79. The molecule has 4 aromatic rings. The molecule has 9 nitrogen and oxygen atoms in total. The summed E-state index contributed by atoms with van der Waals surface area (Å²) in [7, 11) is -3.79. The Bertz CT molecular complexity index is 1580. The van der Waals surface area contributed by atoms with Crippen molar-refractivity contribution < 1.29 is 18.0 Å². The average Bonchev–Trinajstić information content (AvgIpc) is 3.49. The number of anilines is 2. The Morgan fingerprint density at radius 2 is 1.89 bits per heavy atom. The highest BCUT2D eigenvalue weighted by atomic mass is 35.5. The number of hydrogen-bond acceptors (Lipinski definition) is 6. The number of halogens is 1. The van der Waals surface area contributed by atoms with E-state index in [2.05, 4.69) is 9.71 Å². The average molecular weight is 558 g/mol. The molecule has 2 aromatic heterocycles. The molecule has 0 saturated carbocycles. The van der Waals surface area contributed by atoms with Gasteiger partial charge < -0.3 is 14.4 Å². The largest absolute Gasteiger partial charge is 0.333 e. The van der Waals surface area contributed by atoms with Gasteiger partial charge in [-0.05, 0) is 62.4 Å². The molecule has 1 N–H and O–H groups in total. The number of benzene rings is 2. The fourth-order valence-electron chi connectivity index (χ4n) is 4.62. The van der Waals surface area contributed by atoms with E-state index in [0.29, 0.717) is 23.8 Å². The van der Waals surface area contributed by atoms with Gasteiger partial charge >= 0.3 is 0 Å². The Labute approximate surface area is 223 Å². The second-order valence-electron chi connectivity index (χ2n) is 8.78. The van der Waals surface area contributed by atoms with Gasteiger partial charge in [0.2, 0.25) is 11.8 Å². The Morgan fingerprint density at radius 1 is 1.14 bits per heavy atom. The van der Waals surface area contributed by atoms with E-state index < -0.39 is 16.1 Å². The summed E-state index contributed by atoms with van der Waals surface area (Å²) in [5, 5.41) is 3.54. The monoisotopic (exact) mass is 557 g/mol. The molecule has 2 aromatic carbocycles. The van der Waals surface area contributed by atoms with Gasteiger partial charge in [-0.15, -0.1) is 11.3 Å². The van der Waals surface area contributed by atoms with Crippen molar-refractivity contribution >= 4 is 66.5 Å². The van der Waals surface area contributed by atoms with E-state index in [0.717, 1.165) is 16.6 Å². The SMILES string of the molecule is Cc1cc2cc(Cl)ccc2n1C(C)C(=O)N1CCN(c2ccc(S(=O)(=O)Nc3nccs3)cc2)C(=O)C1. The lowest BCUT2D eigenvalue weighted by atomic mass is 10.2. The van der Waals surface area contributed by atoms with Crippen molar-refractivity contribution in [1.82, 2.24) is 14.5 Å².